The summed E-state index contributed by atoms with van der Waals surface area (Å²) in [6, 6.07) is 13.0. The molecular formula is C17H16ClNO3. The van der Waals surface area contributed by atoms with Crippen LogP contribution in [0, 0.1) is 0 Å². The van der Waals surface area contributed by atoms with Crippen LogP contribution < -0.4 is 14.8 Å². The number of nitrogens with one attached hydrogen (secondary N) is 1. The van der Waals surface area contributed by atoms with E-state index in [1.54, 1.807) is 12.1 Å². The molecular weight excluding hydrogens is 302 g/mol. The molecule has 0 aromatic heterocycles. The number of amides is 1. The lowest BCUT2D eigenvalue weighted by atomic mass is 10.1. The Bertz CT molecular complexity index is 673. The second-order valence-electron chi connectivity index (χ2n) is 5.00. The van der Waals surface area contributed by atoms with Gasteiger partial charge in [-0.3, -0.25) is 4.79 Å². The largest absolute Gasteiger partial charge is 0.489 e. The van der Waals surface area contributed by atoms with Crippen molar-refractivity contribution in [3.05, 3.63) is 58.6 Å². The molecule has 22 heavy (non-hydrogen) atoms. The molecule has 0 spiro atoms. The van der Waals surface area contributed by atoms with Crippen molar-refractivity contribution in [3.63, 3.8) is 0 Å². The summed E-state index contributed by atoms with van der Waals surface area (Å²) in [5.41, 5.74) is 1.50. The maximum Gasteiger partial charge on any atom is 0.251 e. The predicted octanol–water partition coefficient (Wildman–Crippen LogP) is 3.43. The zero-order chi connectivity index (χ0) is 15.4. The lowest BCUT2D eigenvalue weighted by molar-refractivity contribution is 0.0950. The molecule has 0 radical (unpaired) electrons. The van der Waals surface area contributed by atoms with Crippen LogP contribution in [-0.2, 0) is 6.54 Å². The van der Waals surface area contributed by atoms with Gasteiger partial charge in [0.1, 0.15) is 0 Å². The Morgan fingerprint density at radius 2 is 1.91 bits per heavy atom. The summed E-state index contributed by atoms with van der Waals surface area (Å²) in [7, 11) is 0. The first-order valence-electron chi connectivity index (χ1n) is 7.15. The van der Waals surface area contributed by atoms with Gasteiger partial charge in [0.25, 0.3) is 5.91 Å². The van der Waals surface area contributed by atoms with Crippen LogP contribution in [0.4, 0.5) is 0 Å². The van der Waals surface area contributed by atoms with E-state index in [9.17, 15) is 4.79 Å². The summed E-state index contributed by atoms with van der Waals surface area (Å²) in [5, 5.41) is 3.26. The van der Waals surface area contributed by atoms with Crippen molar-refractivity contribution in [1.29, 1.82) is 0 Å². The summed E-state index contributed by atoms with van der Waals surface area (Å²) in [6.07, 6.45) is 0.792. The minimum Gasteiger partial charge on any atom is -0.489 e. The highest BCUT2D eigenvalue weighted by Gasteiger charge is 2.18. The Balaban J connectivity index is 1.75. The molecule has 1 N–H and O–H groups in total. The first kappa shape index (κ1) is 14.7. The van der Waals surface area contributed by atoms with Gasteiger partial charge in [-0.1, -0.05) is 41.9 Å². The zero-order valence-electron chi connectivity index (χ0n) is 12.0. The third kappa shape index (κ3) is 3.34. The van der Waals surface area contributed by atoms with Crippen LogP contribution in [0.1, 0.15) is 22.3 Å². The highest BCUT2D eigenvalue weighted by atomic mass is 35.5. The quantitative estimate of drug-likeness (QED) is 0.943. The van der Waals surface area contributed by atoms with Gasteiger partial charge in [-0.25, -0.2) is 0 Å². The Morgan fingerprint density at radius 3 is 2.73 bits per heavy atom. The van der Waals surface area contributed by atoms with E-state index in [0.717, 1.165) is 12.0 Å². The number of rotatable bonds is 3. The second-order valence-corrected chi connectivity index (χ2v) is 5.41. The Kier molecular flexibility index (Phi) is 4.49. The number of halogens is 1. The molecule has 5 heteroatoms. The van der Waals surface area contributed by atoms with Gasteiger partial charge in [0.05, 0.1) is 18.2 Å². The molecule has 114 valence electrons. The van der Waals surface area contributed by atoms with E-state index in [1.165, 1.54) is 0 Å². The molecule has 0 saturated carbocycles. The number of carbonyl (C=O) groups excluding carboxylic acids is 1. The summed E-state index contributed by atoms with van der Waals surface area (Å²) in [4.78, 5) is 12.3. The molecule has 0 aliphatic carbocycles. The number of fused-ring (bicyclic) bond motifs is 1. The zero-order valence-corrected chi connectivity index (χ0v) is 12.7. The Hall–Kier alpha value is -2.20. The van der Waals surface area contributed by atoms with E-state index in [-0.39, 0.29) is 5.91 Å². The van der Waals surface area contributed by atoms with Gasteiger partial charge < -0.3 is 14.8 Å². The molecule has 3 rings (SSSR count). The molecule has 0 saturated heterocycles. The van der Waals surface area contributed by atoms with Gasteiger partial charge >= 0.3 is 0 Å². The number of hydrogen-bond donors (Lipinski definition) is 1. The average molecular weight is 318 g/mol. The molecule has 1 aliphatic rings. The molecule has 0 bridgehead atoms. The molecule has 0 unspecified atom stereocenters. The average Bonchev–Trinajstić information content (AvgIpc) is 2.79. The fourth-order valence-corrected chi connectivity index (χ4v) is 2.51. The van der Waals surface area contributed by atoms with Crippen LogP contribution in [0.2, 0.25) is 5.02 Å². The normalized spacial score (nSPS) is 13.3. The van der Waals surface area contributed by atoms with Crippen LogP contribution in [0.25, 0.3) is 0 Å². The lowest BCUT2D eigenvalue weighted by Gasteiger charge is -2.12. The van der Waals surface area contributed by atoms with Gasteiger partial charge in [-0.05, 0) is 17.7 Å². The molecule has 1 aliphatic heterocycles. The third-order valence-electron chi connectivity index (χ3n) is 3.36. The van der Waals surface area contributed by atoms with Gasteiger partial charge in [0, 0.05) is 18.5 Å². The van der Waals surface area contributed by atoms with E-state index in [1.807, 2.05) is 30.3 Å². The van der Waals surface area contributed by atoms with E-state index in [0.29, 0.717) is 41.8 Å². The summed E-state index contributed by atoms with van der Waals surface area (Å²) < 4.78 is 11.1. The van der Waals surface area contributed by atoms with Crippen molar-refractivity contribution in [2.45, 2.75) is 13.0 Å². The van der Waals surface area contributed by atoms with Crippen molar-refractivity contribution >= 4 is 17.5 Å². The number of ether oxygens (including phenoxy) is 2. The number of benzene rings is 2. The lowest BCUT2D eigenvalue weighted by Crippen LogP contribution is -2.22. The third-order valence-corrected chi connectivity index (χ3v) is 3.64. The van der Waals surface area contributed by atoms with Gasteiger partial charge in [-0.15, -0.1) is 0 Å². The van der Waals surface area contributed by atoms with E-state index >= 15 is 0 Å². The summed E-state index contributed by atoms with van der Waals surface area (Å²) in [5.74, 6) is 0.843. The van der Waals surface area contributed by atoms with Crippen molar-refractivity contribution < 1.29 is 14.3 Å². The fraction of sp³-hybridized carbons (Fsp3) is 0.235. The molecule has 0 atom stereocenters. The Labute approximate surface area is 134 Å². The fourth-order valence-electron chi connectivity index (χ4n) is 2.24. The predicted molar refractivity (Wildman–Crippen MR) is 84.7 cm³/mol. The highest BCUT2D eigenvalue weighted by molar-refractivity contribution is 6.32. The standard InChI is InChI=1S/C17H16ClNO3/c18-14-9-13(10-15-16(14)22-8-4-7-21-15)17(20)19-11-12-5-2-1-3-6-12/h1-3,5-6,9-10H,4,7-8,11H2,(H,19,20). The topological polar surface area (TPSA) is 47.6 Å². The van der Waals surface area contributed by atoms with Crippen molar-refractivity contribution in [2.24, 2.45) is 0 Å². The van der Waals surface area contributed by atoms with Crippen LogP contribution in [0.15, 0.2) is 42.5 Å². The molecule has 4 nitrogen and oxygen atoms in total. The molecule has 2 aromatic carbocycles. The van der Waals surface area contributed by atoms with E-state index in [2.05, 4.69) is 5.32 Å². The summed E-state index contributed by atoms with van der Waals surface area (Å²) in [6.45, 7) is 1.58. The van der Waals surface area contributed by atoms with Gasteiger partial charge in [-0.2, -0.15) is 0 Å². The first-order valence-corrected chi connectivity index (χ1v) is 7.53. The highest BCUT2D eigenvalue weighted by Crippen LogP contribution is 2.37. The van der Waals surface area contributed by atoms with Crippen LogP contribution in [0.5, 0.6) is 11.5 Å². The van der Waals surface area contributed by atoms with Gasteiger partial charge in [0.2, 0.25) is 0 Å². The molecule has 2 aromatic rings. The molecule has 1 heterocycles. The molecule has 0 fully saturated rings. The SMILES string of the molecule is O=C(NCc1ccccc1)c1cc(Cl)c2c(c1)OCCCO2. The van der Waals surface area contributed by atoms with Gasteiger partial charge in [0.15, 0.2) is 11.5 Å². The Morgan fingerprint density at radius 1 is 1.14 bits per heavy atom. The molecule has 1 amide bonds. The first-order chi connectivity index (χ1) is 10.7. The van der Waals surface area contributed by atoms with Crippen LogP contribution in [-0.4, -0.2) is 19.1 Å². The maximum atomic E-state index is 12.3. The van der Waals surface area contributed by atoms with E-state index < -0.39 is 0 Å². The number of carbonyl (C=O) groups is 1. The van der Waals surface area contributed by atoms with Crippen LogP contribution >= 0.6 is 11.6 Å². The minimum absolute atomic E-state index is 0.193. The smallest absolute Gasteiger partial charge is 0.251 e. The van der Waals surface area contributed by atoms with E-state index in [4.69, 9.17) is 21.1 Å². The maximum absolute atomic E-state index is 12.3. The van der Waals surface area contributed by atoms with Crippen molar-refractivity contribution in [1.82, 2.24) is 5.32 Å². The second kappa shape index (κ2) is 6.71. The minimum atomic E-state index is -0.193. The summed E-state index contributed by atoms with van der Waals surface area (Å²) >= 11 is 6.20. The number of hydrogen-bond acceptors (Lipinski definition) is 3. The van der Waals surface area contributed by atoms with Crippen molar-refractivity contribution in [3.8, 4) is 11.5 Å². The van der Waals surface area contributed by atoms with Crippen LogP contribution in [0.3, 0.4) is 0 Å². The monoisotopic (exact) mass is 317 g/mol. The van der Waals surface area contributed by atoms with Crippen molar-refractivity contribution in [2.75, 3.05) is 13.2 Å².